The molecule has 2 atom stereocenters. The molecule has 1 rings (SSSR count). The highest BCUT2D eigenvalue weighted by atomic mass is 32.2. The molecule has 0 bridgehead atoms. The maximum absolute atomic E-state index is 10.6. The quantitative estimate of drug-likeness (QED) is 0.787. The van der Waals surface area contributed by atoms with E-state index in [0.717, 1.165) is 6.42 Å². The van der Waals surface area contributed by atoms with Crippen LogP contribution in [0.1, 0.15) is 34.1 Å². The van der Waals surface area contributed by atoms with Gasteiger partial charge in [0.2, 0.25) is 0 Å². The number of ether oxygens (including phenoxy) is 1. The van der Waals surface area contributed by atoms with Crippen LogP contribution in [-0.4, -0.2) is 39.3 Å². The molecule has 0 aliphatic carbocycles. The minimum Gasteiger partial charge on any atom is -0.480 e. The molecule has 0 aromatic carbocycles. The van der Waals surface area contributed by atoms with Gasteiger partial charge in [-0.1, -0.05) is 0 Å². The number of rotatable bonds is 4. The van der Waals surface area contributed by atoms with Crippen molar-refractivity contribution in [2.24, 2.45) is 5.73 Å². The first-order valence-electron chi connectivity index (χ1n) is 5.44. The van der Waals surface area contributed by atoms with Gasteiger partial charge in [-0.15, -0.1) is 0 Å². The molecule has 0 aromatic rings. The predicted molar refractivity (Wildman–Crippen MR) is 65.7 cm³/mol. The number of aliphatic carboxylic acids is 1. The molecule has 1 aliphatic rings. The summed E-state index contributed by atoms with van der Waals surface area (Å²) in [5, 5.41) is 9.02. The van der Waals surface area contributed by atoms with Crippen molar-refractivity contribution in [2.45, 2.75) is 56.6 Å². The molecule has 1 saturated heterocycles. The first-order chi connectivity index (χ1) is 7.14. The maximum atomic E-state index is 10.6. The molecule has 0 aromatic heterocycles. The molecule has 3 N–H and O–H groups in total. The van der Waals surface area contributed by atoms with E-state index >= 15 is 0 Å². The van der Waals surface area contributed by atoms with Gasteiger partial charge in [-0.05, 0) is 34.1 Å². The second-order valence-corrected chi connectivity index (χ2v) is 6.67. The van der Waals surface area contributed by atoms with Crippen LogP contribution in [0.4, 0.5) is 0 Å². The average Bonchev–Trinajstić information content (AvgIpc) is 2.29. The summed E-state index contributed by atoms with van der Waals surface area (Å²) in [6.07, 6.45) is 0.928. The second kappa shape index (κ2) is 4.55. The standard InChI is InChI=1S/C11H21NO3S/c1-10(2)5-8(11(3,4)15-10)16-6-7(12)9(13)14/h7-8H,5-6,12H2,1-4H3,(H,13,14)/t7-,8?/m1/s1. The van der Waals surface area contributed by atoms with Gasteiger partial charge in [0, 0.05) is 11.0 Å². The molecule has 0 radical (unpaired) electrons. The Morgan fingerprint density at radius 1 is 1.56 bits per heavy atom. The van der Waals surface area contributed by atoms with Crippen LogP contribution in [0.25, 0.3) is 0 Å². The minimum atomic E-state index is -0.941. The summed E-state index contributed by atoms with van der Waals surface area (Å²) in [7, 11) is 0. The van der Waals surface area contributed by atoms with E-state index in [-0.39, 0.29) is 11.2 Å². The van der Waals surface area contributed by atoms with Crippen molar-refractivity contribution in [1.29, 1.82) is 0 Å². The lowest BCUT2D eigenvalue weighted by atomic mass is 10.0. The van der Waals surface area contributed by atoms with Gasteiger partial charge in [0.25, 0.3) is 0 Å². The summed E-state index contributed by atoms with van der Waals surface area (Å²) < 4.78 is 5.93. The van der Waals surface area contributed by atoms with Crippen molar-refractivity contribution in [1.82, 2.24) is 0 Å². The highest BCUT2D eigenvalue weighted by Crippen LogP contribution is 2.43. The molecule has 4 nitrogen and oxygen atoms in total. The monoisotopic (exact) mass is 247 g/mol. The molecule has 1 fully saturated rings. The topological polar surface area (TPSA) is 72.6 Å². The van der Waals surface area contributed by atoms with Gasteiger partial charge in [-0.25, -0.2) is 0 Å². The van der Waals surface area contributed by atoms with Crippen molar-refractivity contribution in [3.63, 3.8) is 0 Å². The van der Waals surface area contributed by atoms with E-state index in [2.05, 4.69) is 13.8 Å². The summed E-state index contributed by atoms with van der Waals surface area (Å²) in [5.41, 5.74) is 5.14. The molecule has 16 heavy (non-hydrogen) atoms. The summed E-state index contributed by atoms with van der Waals surface area (Å²) in [6, 6.07) is -0.787. The second-order valence-electron chi connectivity index (χ2n) is 5.44. The molecule has 1 heterocycles. The summed E-state index contributed by atoms with van der Waals surface area (Å²) in [4.78, 5) is 10.6. The fourth-order valence-corrected chi connectivity index (χ4v) is 3.61. The van der Waals surface area contributed by atoms with Gasteiger partial charge < -0.3 is 15.6 Å². The SMILES string of the molecule is CC1(C)CC(SC[C@@H](N)C(=O)O)C(C)(C)O1. The van der Waals surface area contributed by atoms with Gasteiger partial charge in [-0.3, -0.25) is 4.79 Å². The van der Waals surface area contributed by atoms with E-state index in [1.165, 1.54) is 0 Å². The van der Waals surface area contributed by atoms with Gasteiger partial charge in [0.05, 0.1) is 11.2 Å². The number of carbonyl (C=O) groups is 1. The third-order valence-electron chi connectivity index (χ3n) is 2.79. The Labute approximate surface area is 101 Å². The van der Waals surface area contributed by atoms with Crippen molar-refractivity contribution in [2.75, 3.05) is 5.75 Å². The summed E-state index contributed by atoms with van der Waals surface area (Å²) in [6.45, 7) is 8.22. The zero-order valence-electron chi connectivity index (χ0n) is 10.3. The Bertz CT molecular complexity index is 278. The molecule has 1 unspecified atom stereocenters. The normalized spacial score (nSPS) is 28.9. The lowest BCUT2D eigenvalue weighted by Crippen LogP contribution is -2.36. The van der Waals surface area contributed by atoms with Crippen LogP contribution in [0, 0.1) is 0 Å². The van der Waals surface area contributed by atoms with Crippen molar-refractivity contribution in [3.05, 3.63) is 0 Å². The molecule has 0 saturated carbocycles. The largest absolute Gasteiger partial charge is 0.480 e. The summed E-state index contributed by atoms with van der Waals surface area (Å²) >= 11 is 1.60. The van der Waals surface area contributed by atoms with Crippen LogP contribution in [0.15, 0.2) is 0 Å². The van der Waals surface area contributed by atoms with E-state index in [4.69, 9.17) is 15.6 Å². The highest BCUT2D eigenvalue weighted by Gasteiger charge is 2.46. The van der Waals surface area contributed by atoms with Crippen LogP contribution >= 0.6 is 11.8 Å². The number of carboxylic acids is 1. The first kappa shape index (κ1) is 13.8. The molecular weight excluding hydrogens is 226 g/mol. The number of nitrogens with two attached hydrogens (primary N) is 1. The Morgan fingerprint density at radius 2 is 2.12 bits per heavy atom. The van der Waals surface area contributed by atoms with E-state index in [0.29, 0.717) is 11.0 Å². The molecule has 0 spiro atoms. The lowest BCUT2D eigenvalue weighted by Gasteiger charge is -2.27. The van der Waals surface area contributed by atoms with Gasteiger partial charge in [0.1, 0.15) is 6.04 Å². The van der Waals surface area contributed by atoms with Crippen molar-refractivity contribution >= 4 is 17.7 Å². The minimum absolute atomic E-state index is 0.130. The van der Waals surface area contributed by atoms with Crippen molar-refractivity contribution < 1.29 is 14.6 Å². The molecule has 94 valence electrons. The van der Waals surface area contributed by atoms with Crippen molar-refractivity contribution in [3.8, 4) is 0 Å². The molecule has 1 aliphatic heterocycles. The van der Waals surface area contributed by atoms with E-state index in [1.807, 2.05) is 13.8 Å². The number of hydrogen-bond donors (Lipinski definition) is 2. The van der Waals surface area contributed by atoms with Crippen LogP contribution in [0.3, 0.4) is 0 Å². The Morgan fingerprint density at radius 3 is 2.50 bits per heavy atom. The smallest absolute Gasteiger partial charge is 0.321 e. The number of thioether (sulfide) groups is 1. The van der Waals surface area contributed by atoms with Gasteiger partial charge >= 0.3 is 5.97 Å². The molecular formula is C11H21NO3S. The first-order valence-corrected chi connectivity index (χ1v) is 6.49. The van der Waals surface area contributed by atoms with Gasteiger partial charge in [-0.2, -0.15) is 11.8 Å². The number of carboxylic acid groups (broad SMARTS) is 1. The fourth-order valence-electron chi connectivity index (χ4n) is 2.06. The van der Waals surface area contributed by atoms with E-state index < -0.39 is 12.0 Å². The molecule has 0 amide bonds. The number of hydrogen-bond acceptors (Lipinski definition) is 4. The van der Waals surface area contributed by atoms with Gasteiger partial charge in [0.15, 0.2) is 0 Å². The average molecular weight is 247 g/mol. The maximum Gasteiger partial charge on any atom is 0.321 e. The van der Waals surface area contributed by atoms with E-state index in [1.54, 1.807) is 11.8 Å². The predicted octanol–water partition coefficient (Wildman–Crippen LogP) is 1.48. The Hall–Kier alpha value is -0.260. The highest BCUT2D eigenvalue weighted by molar-refractivity contribution is 8.00. The third-order valence-corrected chi connectivity index (χ3v) is 4.47. The lowest BCUT2D eigenvalue weighted by molar-refractivity contribution is -0.137. The Kier molecular flexibility index (Phi) is 3.92. The van der Waals surface area contributed by atoms with E-state index in [9.17, 15) is 4.79 Å². The van der Waals surface area contributed by atoms with Crippen LogP contribution in [0.2, 0.25) is 0 Å². The zero-order valence-corrected chi connectivity index (χ0v) is 11.1. The van der Waals surface area contributed by atoms with Crippen LogP contribution in [-0.2, 0) is 9.53 Å². The summed E-state index contributed by atoms with van der Waals surface area (Å²) in [5.74, 6) is -0.508. The van der Waals surface area contributed by atoms with Crippen LogP contribution < -0.4 is 5.73 Å². The Balaban J connectivity index is 2.52. The van der Waals surface area contributed by atoms with Crippen LogP contribution in [0.5, 0.6) is 0 Å². The fraction of sp³-hybridized carbons (Fsp3) is 0.909. The zero-order chi connectivity index (χ0) is 12.6. The molecule has 5 heteroatoms. The third kappa shape index (κ3) is 3.37.